The fourth-order valence-electron chi connectivity index (χ4n) is 4.47. The minimum absolute atomic E-state index is 0.230. The van der Waals surface area contributed by atoms with Gasteiger partial charge in [-0.25, -0.2) is 0 Å². The van der Waals surface area contributed by atoms with Crippen LogP contribution in [0, 0.1) is 17.8 Å². The summed E-state index contributed by atoms with van der Waals surface area (Å²) < 4.78 is 0. The van der Waals surface area contributed by atoms with E-state index in [1.54, 1.807) is 0 Å². The molecule has 0 spiro atoms. The lowest BCUT2D eigenvalue weighted by atomic mass is 9.83. The van der Waals surface area contributed by atoms with Gasteiger partial charge in [-0.15, -0.1) is 0 Å². The minimum atomic E-state index is -0.399. The maximum Gasteiger partial charge on any atom is 0.224 e. The first-order valence-corrected chi connectivity index (χ1v) is 8.67. The molecule has 2 unspecified atom stereocenters. The van der Waals surface area contributed by atoms with Crippen LogP contribution in [0.15, 0.2) is 0 Å². The molecule has 3 nitrogen and oxygen atoms in total. The molecule has 2 atom stereocenters. The quantitative estimate of drug-likeness (QED) is 0.787. The van der Waals surface area contributed by atoms with Crippen LogP contribution < -0.4 is 11.1 Å². The summed E-state index contributed by atoms with van der Waals surface area (Å²) >= 11 is 5.32. The number of thiocarbonyl (C=S) groups is 1. The number of fused-ring (bicyclic) bond motifs is 1. The summed E-state index contributed by atoms with van der Waals surface area (Å²) in [6.07, 6.45) is 11.6. The van der Waals surface area contributed by atoms with Gasteiger partial charge in [0.1, 0.15) is 0 Å². The largest absolute Gasteiger partial charge is 0.391 e. The Labute approximate surface area is 127 Å². The third-order valence-corrected chi connectivity index (χ3v) is 6.14. The van der Waals surface area contributed by atoms with Crippen molar-refractivity contribution in [2.24, 2.45) is 23.5 Å². The summed E-state index contributed by atoms with van der Waals surface area (Å²) in [4.78, 5) is 13.1. The zero-order valence-corrected chi connectivity index (χ0v) is 13.0. The molecule has 20 heavy (non-hydrogen) atoms. The summed E-state index contributed by atoms with van der Waals surface area (Å²) in [6, 6.07) is 0. The van der Waals surface area contributed by atoms with Crippen LogP contribution in [-0.4, -0.2) is 16.4 Å². The number of carbonyl (C=O) groups excluding carboxylic acids is 1. The van der Waals surface area contributed by atoms with Crippen LogP contribution in [0.4, 0.5) is 0 Å². The Morgan fingerprint density at radius 1 is 1.00 bits per heavy atom. The molecule has 3 rings (SSSR count). The highest BCUT2D eigenvalue weighted by Gasteiger charge is 2.57. The van der Waals surface area contributed by atoms with E-state index < -0.39 is 5.54 Å². The summed E-state index contributed by atoms with van der Waals surface area (Å²) in [5, 5.41) is 3.28. The third-order valence-electron chi connectivity index (χ3n) is 5.75. The molecular weight excluding hydrogens is 268 g/mol. The van der Waals surface area contributed by atoms with Gasteiger partial charge in [0.05, 0.1) is 10.5 Å². The van der Waals surface area contributed by atoms with Crippen molar-refractivity contribution in [1.82, 2.24) is 5.32 Å². The minimum Gasteiger partial charge on any atom is -0.391 e. The summed E-state index contributed by atoms with van der Waals surface area (Å²) in [5.74, 6) is 1.81. The highest BCUT2D eigenvalue weighted by molar-refractivity contribution is 7.80. The first-order chi connectivity index (χ1) is 9.64. The molecule has 0 aromatic heterocycles. The highest BCUT2D eigenvalue weighted by Crippen LogP contribution is 2.57. The number of nitrogens with two attached hydrogens (primary N) is 1. The van der Waals surface area contributed by atoms with E-state index in [0.29, 0.717) is 16.8 Å². The predicted molar refractivity (Wildman–Crippen MR) is 84.3 cm³/mol. The van der Waals surface area contributed by atoms with E-state index in [4.69, 9.17) is 18.0 Å². The van der Waals surface area contributed by atoms with Gasteiger partial charge in [0.2, 0.25) is 5.91 Å². The molecule has 4 heteroatoms. The van der Waals surface area contributed by atoms with Crippen molar-refractivity contribution in [3.05, 3.63) is 0 Å². The van der Waals surface area contributed by atoms with Gasteiger partial charge in [-0.05, 0) is 37.5 Å². The summed E-state index contributed by atoms with van der Waals surface area (Å²) in [6.45, 7) is 0. The highest BCUT2D eigenvalue weighted by atomic mass is 32.1. The van der Waals surface area contributed by atoms with Gasteiger partial charge in [0, 0.05) is 5.92 Å². The predicted octanol–water partition coefficient (Wildman–Crippen LogP) is 2.92. The maximum atomic E-state index is 12.6. The van der Waals surface area contributed by atoms with Crippen molar-refractivity contribution in [3.8, 4) is 0 Å². The van der Waals surface area contributed by atoms with Crippen LogP contribution in [0.5, 0.6) is 0 Å². The number of hydrogen-bond donors (Lipinski definition) is 2. The van der Waals surface area contributed by atoms with Crippen molar-refractivity contribution in [3.63, 3.8) is 0 Å². The average Bonchev–Trinajstić information content (AvgIpc) is 2.86. The van der Waals surface area contributed by atoms with Gasteiger partial charge in [0.25, 0.3) is 0 Å². The molecule has 1 amide bonds. The Balaban J connectivity index is 1.66. The average molecular weight is 294 g/mol. The van der Waals surface area contributed by atoms with E-state index in [1.165, 1.54) is 38.5 Å². The normalized spacial score (nSPS) is 35.5. The Morgan fingerprint density at radius 2 is 1.55 bits per heavy atom. The molecule has 3 saturated carbocycles. The molecule has 0 aromatic carbocycles. The number of nitrogens with one attached hydrogen (secondary N) is 1. The topological polar surface area (TPSA) is 55.1 Å². The number of carbonyl (C=O) groups is 1. The van der Waals surface area contributed by atoms with Crippen molar-refractivity contribution >= 4 is 23.1 Å². The Bertz CT molecular complexity index is 391. The first kappa shape index (κ1) is 14.3. The zero-order valence-electron chi connectivity index (χ0n) is 12.2. The number of hydrogen-bond acceptors (Lipinski definition) is 2. The monoisotopic (exact) mass is 294 g/mol. The van der Waals surface area contributed by atoms with E-state index in [1.807, 2.05) is 0 Å². The van der Waals surface area contributed by atoms with Crippen molar-refractivity contribution in [1.29, 1.82) is 0 Å². The molecule has 0 aromatic rings. The molecule has 0 bridgehead atoms. The van der Waals surface area contributed by atoms with Crippen molar-refractivity contribution < 1.29 is 4.79 Å². The van der Waals surface area contributed by atoms with Crippen LogP contribution >= 0.6 is 12.2 Å². The van der Waals surface area contributed by atoms with Gasteiger partial charge in [-0.1, -0.05) is 50.7 Å². The molecule has 3 fully saturated rings. The molecule has 0 aliphatic heterocycles. The van der Waals surface area contributed by atoms with Gasteiger partial charge >= 0.3 is 0 Å². The lowest BCUT2D eigenvalue weighted by molar-refractivity contribution is -0.124. The second kappa shape index (κ2) is 5.63. The van der Waals surface area contributed by atoms with Crippen molar-refractivity contribution in [2.45, 2.75) is 69.7 Å². The van der Waals surface area contributed by atoms with Gasteiger partial charge in [0.15, 0.2) is 0 Å². The smallest absolute Gasteiger partial charge is 0.224 e. The fraction of sp³-hybridized carbons (Fsp3) is 0.875. The van der Waals surface area contributed by atoms with Gasteiger partial charge in [-0.2, -0.15) is 0 Å². The molecule has 0 saturated heterocycles. The summed E-state index contributed by atoms with van der Waals surface area (Å²) in [5.41, 5.74) is 5.62. The Hall–Kier alpha value is -0.640. The van der Waals surface area contributed by atoms with E-state index >= 15 is 0 Å². The van der Waals surface area contributed by atoms with E-state index in [9.17, 15) is 4.79 Å². The zero-order chi connectivity index (χ0) is 14.2. The van der Waals surface area contributed by atoms with Crippen LogP contribution in [0.3, 0.4) is 0 Å². The van der Waals surface area contributed by atoms with E-state index in [2.05, 4.69) is 5.32 Å². The molecule has 0 heterocycles. The van der Waals surface area contributed by atoms with Gasteiger partial charge in [-0.3, -0.25) is 4.79 Å². The lowest BCUT2D eigenvalue weighted by Crippen LogP contribution is -2.57. The lowest BCUT2D eigenvalue weighted by Gasteiger charge is -2.35. The van der Waals surface area contributed by atoms with Crippen LogP contribution in [0.25, 0.3) is 0 Å². The van der Waals surface area contributed by atoms with Gasteiger partial charge < -0.3 is 11.1 Å². The first-order valence-electron chi connectivity index (χ1n) is 8.26. The molecule has 3 aliphatic carbocycles. The Morgan fingerprint density at radius 3 is 2.10 bits per heavy atom. The second-order valence-electron chi connectivity index (χ2n) is 6.99. The Kier molecular flexibility index (Phi) is 4.02. The number of amides is 1. The fourth-order valence-corrected chi connectivity index (χ4v) is 4.73. The van der Waals surface area contributed by atoms with Crippen LogP contribution in [0.2, 0.25) is 0 Å². The summed E-state index contributed by atoms with van der Waals surface area (Å²) in [7, 11) is 0. The molecular formula is C16H26N2OS. The van der Waals surface area contributed by atoms with Crippen LogP contribution in [-0.2, 0) is 4.79 Å². The SMILES string of the molecule is NC(=S)C1(NC(=O)C2C3CCCC32)CCCCCCC1. The maximum absolute atomic E-state index is 12.6. The number of rotatable bonds is 3. The van der Waals surface area contributed by atoms with Crippen molar-refractivity contribution in [2.75, 3.05) is 0 Å². The second-order valence-corrected chi connectivity index (χ2v) is 7.43. The molecule has 112 valence electrons. The van der Waals surface area contributed by atoms with E-state index in [-0.39, 0.29) is 11.8 Å². The standard InChI is InChI=1S/C16H26N2OS/c17-15(20)16(9-4-2-1-3-5-10-16)18-14(19)13-11-7-6-8-12(11)13/h11-13H,1-10H2,(H2,17,20)(H,18,19). The van der Waals surface area contributed by atoms with Crippen LogP contribution in [0.1, 0.15) is 64.2 Å². The molecule has 3 aliphatic rings. The third kappa shape index (κ3) is 2.59. The van der Waals surface area contributed by atoms with E-state index in [0.717, 1.165) is 25.7 Å². The molecule has 0 radical (unpaired) electrons. The molecule has 3 N–H and O–H groups in total.